The van der Waals surface area contributed by atoms with Gasteiger partial charge >= 0.3 is 0 Å². The molecule has 2 N–H and O–H groups in total. The average Bonchev–Trinajstić information content (AvgIpc) is 2.92. The average molecular weight is 337 g/mol. The largest absolute Gasteiger partial charge is 0.378 e. The highest BCUT2D eigenvalue weighted by molar-refractivity contribution is 7.87. The Hall–Kier alpha value is -1.41. The summed E-state index contributed by atoms with van der Waals surface area (Å²) in [4.78, 5) is 3.27. The van der Waals surface area contributed by atoms with Gasteiger partial charge < -0.3 is 9.72 Å². The monoisotopic (exact) mass is 337 g/mol. The van der Waals surface area contributed by atoms with Crippen molar-refractivity contribution in [3.05, 3.63) is 35.5 Å². The van der Waals surface area contributed by atoms with Crippen LogP contribution in [-0.2, 0) is 21.4 Å². The first-order valence-corrected chi connectivity index (χ1v) is 9.33. The van der Waals surface area contributed by atoms with E-state index in [1.807, 2.05) is 19.2 Å². The van der Waals surface area contributed by atoms with E-state index in [1.54, 1.807) is 0 Å². The highest BCUT2D eigenvalue weighted by Crippen LogP contribution is 2.21. The molecule has 1 aromatic carbocycles. The van der Waals surface area contributed by atoms with E-state index < -0.39 is 10.2 Å². The molecule has 23 heavy (non-hydrogen) atoms. The van der Waals surface area contributed by atoms with Crippen LogP contribution < -0.4 is 4.72 Å². The smallest absolute Gasteiger partial charge is 0.279 e. The molecule has 1 atom stereocenters. The molecular formula is C16H23N3O3S. The van der Waals surface area contributed by atoms with Gasteiger partial charge in [-0.25, -0.2) is 4.72 Å². The van der Waals surface area contributed by atoms with Crippen LogP contribution >= 0.6 is 0 Å². The second-order valence-electron chi connectivity index (χ2n) is 6.00. The number of fused-ring (bicyclic) bond motifs is 1. The summed E-state index contributed by atoms with van der Waals surface area (Å²) in [5.74, 6) is 0. The molecule has 0 saturated carbocycles. The minimum atomic E-state index is -3.45. The van der Waals surface area contributed by atoms with Crippen molar-refractivity contribution < 1.29 is 13.2 Å². The lowest BCUT2D eigenvalue weighted by atomic mass is 10.1. The van der Waals surface area contributed by atoms with E-state index >= 15 is 0 Å². The molecule has 2 aromatic rings. The van der Waals surface area contributed by atoms with Crippen molar-refractivity contribution in [1.29, 1.82) is 0 Å². The van der Waals surface area contributed by atoms with Crippen LogP contribution in [0.2, 0.25) is 0 Å². The fourth-order valence-corrected chi connectivity index (χ4v) is 4.41. The summed E-state index contributed by atoms with van der Waals surface area (Å²) in [5, 5.41) is 1.16. The number of ether oxygens (including phenoxy) is 1. The lowest BCUT2D eigenvalue weighted by molar-refractivity contribution is 0.0387. The lowest BCUT2D eigenvalue weighted by Gasteiger charge is -2.32. The number of aromatic amines is 1. The number of aromatic nitrogens is 1. The van der Waals surface area contributed by atoms with Gasteiger partial charge in [-0.05, 0) is 31.4 Å². The number of H-pyrrole nitrogens is 1. The number of rotatable bonds is 5. The predicted molar refractivity (Wildman–Crippen MR) is 90.6 cm³/mol. The summed E-state index contributed by atoms with van der Waals surface area (Å²) >= 11 is 0. The summed E-state index contributed by atoms with van der Waals surface area (Å²) in [5.41, 5.74) is 3.44. The molecule has 0 spiro atoms. The van der Waals surface area contributed by atoms with E-state index in [9.17, 15) is 8.42 Å². The second kappa shape index (κ2) is 6.60. The van der Waals surface area contributed by atoms with Gasteiger partial charge in [0.2, 0.25) is 0 Å². The Bertz CT molecular complexity index is 785. The molecule has 1 aliphatic heterocycles. The van der Waals surface area contributed by atoms with E-state index in [1.165, 1.54) is 9.87 Å². The Kier molecular flexibility index (Phi) is 4.72. The summed E-state index contributed by atoms with van der Waals surface area (Å²) in [6, 6.07) is 6.02. The number of benzene rings is 1. The number of nitrogens with zero attached hydrogens (tertiary/aromatic N) is 1. The molecule has 0 radical (unpaired) electrons. The van der Waals surface area contributed by atoms with Crippen LogP contribution in [0.15, 0.2) is 24.4 Å². The Balaban J connectivity index is 1.65. The maximum Gasteiger partial charge on any atom is 0.279 e. The Morgan fingerprint density at radius 3 is 3.04 bits per heavy atom. The minimum Gasteiger partial charge on any atom is -0.378 e. The number of nitrogens with one attached hydrogen (secondary N) is 2. The summed E-state index contributed by atoms with van der Waals surface area (Å²) in [7, 11) is -3.45. The van der Waals surface area contributed by atoms with Gasteiger partial charge in [0.1, 0.15) is 0 Å². The first-order valence-electron chi connectivity index (χ1n) is 7.89. The first-order chi connectivity index (χ1) is 11.0. The predicted octanol–water partition coefficient (Wildman–Crippen LogP) is 1.57. The zero-order valence-electron chi connectivity index (χ0n) is 13.5. The third-order valence-electron chi connectivity index (χ3n) is 4.30. The van der Waals surface area contributed by atoms with E-state index in [0.29, 0.717) is 32.7 Å². The van der Waals surface area contributed by atoms with Crippen molar-refractivity contribution in [2.24, 2.45) is 0 Å². The van der Waals surface area contributed by atoms with Gasteiger partial charge in [0, 0.05) is 36.2 Å². The van der Waals surface area contributed by atoms with Crippen LogP contribution in [0.25, 0.3) is 10.9 Å². The van der Waals surface area contributed by atoms with Gasteiger partial charge in [0.15, 0.2) is 0 Å². The first kappa shape index (κ1) is 16.4. The topological polar surface area (TPSA) is 74.4 Å². The SMILES string of the molecule is Cc1cccc2c(CCNS(=O)(=O)N3CCOC[C@H]3C)c[nH]c12. The zero-order valence-corrected chi connectivity index (χ0v) is 14.3. The Morgan fingerprint density at radius 1 is 1.43 bits per heavy atom. The number of hydrogen-bond acceptors (Lipinski definition) is 3. The van der Waals surface area contributed by atoms with E-state index in [-0.39, 0.29) is 6.04 Å². The van der Waals surface area contributed by atoms with E-state index in [2.05, 4.69) is 28.8 Å². The molecule has 2 heterocycles. The van der Waals surface area contributed by atoms with Crippen LogP contribution in [0.4, 0.5) is 0 Å². The molecular weight excluding hydrogens is 314 g/mol. The van der Waals surface area contributed by atoms with E-state index in [4.69, 9.17) is 4.74 Å². The highest BCUT2D eigenvalue weighted by atomic mass is 32.2. The number of aryl methyl sites for hydroxylation is 1. The normalized spacial score (nSPS) is 20.2. The van der Waals surface area contributed by atoms with E-state index in [0.717, 1.165) is 16.5 Å². The maximum absolute atomic E-state index is 12.4. The summed E-state index contributed by atoms with van der Waals surface area (Å²) in [6.07, 6.45) is 2.62. The number of hydrogen-bond donors (Lipinski definition) is 2. The molecule has 1 fully saturated rings. The second-order valence-corrected chi connectivity index (χ2v) is 7.70. The van der Waals surface area contributed by atoms with Gasteiger partial charge in [-0.1, -0.05) is 18.2 Å². The summed E-state index contributed by atoms with van der Waals surface area (Å²) in [6.45, 7) is 5.61. The lowest BCUT2D eigenvalue weighted by Crippen LogP contribution is -2.51. The van der Waals surface area contributed by atoms with Crippen molar-refractivity contribution in [3.8, 4) is 0 Å². The van der Waals surface area contributed by atoms with Gasteiger partial charge in [-0.15, -0.1) is 0 Å². The van der Waals surface area contributed by atoms with Crippen molar-refractivity contribution >= 4 is 21.1 Å². The zero-order chi connectivity index (χ0) is 16.4. The van der Waals surface area contributed by atoms with Crippen LogP contribution in [0.5, 0.6) is 0 Å². The molecule has 126 valence electrons. The Morgan fingerprint density at radius 2 is 2.26 bits per heavy atom. The standard InChI is InChI=1S/C16H23N3O3S/c1-12-4-3-5-15-14(10-17-16(12)15)6-7-18-23(20,21)19-8-9-22-11-13(19)2/h3-5,10,13,17-18H,6-9,11H2,1-2H3/t13-/m1/s1. The number of para-hydroxylation sites is 1. The molecule has 7 heteroatoms. The van der Waals surface area contributed by atoms with Crippen molar-refractivity contribution in [3.63, 3.8) is 0 Å². The van der Waals surface area contributed by atoms with Gasteiger partial charge in [0.05, 0.1) is 13.2 Å². The van der Waals surface area contributed by atoms with Gasteiger partial charge in [0.25, 0.3) is 10.2 Å². The minimum absolute atomic E-state index is 0.128. The molecule has 6 nitrogen and oxygen atoms in total. The molecule has 1 aromatic heterocycles. The molecule has 0 unspecified atom stereocenters. The third-order valence-corrected chi connectivity index (χ3v) is 6.03. The quantitative estimate of drug-likeness (QED) is 0.870. The van der Waals surface area contributed by atoms with Crippen molar-refractivity contribution in [2.45, 2.75) is 26.3 Å². The number of morpholine rings is 1. The van der Waals surface area contributed by atoms with Crippen LogP contribution in [0, 0.1) is 6.92 Å². The molecule has 1 saturated heterocycles. The fourth-order valence-electron chi connectivity index (χ4n) is 3.04. The Labute approximate surface area is 137 Å². The van der Waals surface area contributed by atoms with Crippen molar-refractivity contribution in [1.82, 2.24) is 14.0 Å². The molecule has 1 aliphatic rings. The maximum atomic E-state index is 12.4. The molecule has 0 bridgehead atoms. The van der Waals surface area contributed by atoms with Crippen LogP contribution in [-0.4, -0.2) is 50.1 Å². The van der Waals surface area contributed by atoms with Crippen LogP contribution in [0.1, 0.15) is 18.1 Å². The highest BCUT2D eigenvalue weighted by Gasteiger charge is 2.29. The van der Waals surface area contributed by atoms with Gasteiger partial charge in [-0.3, -0.25) is 0 Å². The molecule has 3 rings (SSSR count). The fraction of sp³-hybridized carbons (Fsp3) is 0.500. The third kappa shape index (κ3) is 3.42. The van der Waals surface area contributed by atoms with Crippen molar-refractivity contribution in [2.75, 3.05) is 26.3 Å². The molecule has 0 aliphatic carbocycles. The molecule has 0 amide bonds. The summed E-state index contributed by atoms with van der Waals surface area (Å²) < 4.78 is 34.3. The van der Waals surface area contributed by atoms with Crippen LogP contribution in [0.3, 0.4) is 0 Å². The van der Waals surface area contributed by atoms with Gasteiger partial charge in [-0.2, -0.15) is 12.7 Å².